The van der Waals surface area contributed by atoms with Crippen LogP contribution in [-0.4, -0.2) is 38.1 Å². The van der Waals surface area contributed by atoms with E-state index in [4.69, 9.17) is 9.73 Å². The van der Waals surface area contributed by atoms with Crippen molar-refractivity contribution >= 4 is 34.3 Å². The molecule has 1 atom stereocenters. The summed E-state index contributed by atoms with van der Waals surface area (Å²) in [6.07, 6.45) is 2.00. The number of ether oxygens (including phenoxy) is 1. The van der Waals surface area contributed by atoms with Crippen LogP contribution in [0.3, 0.4) is 0 Å². The standard InChI is InChI=1S/C23H27N3O2S/c1-6-28-22(27)20-16(2)26(19-10-8-7-9-11-19)23(29-5)24-21(20)17-12-14-18(15-13-17)25(3)4/h7-15,21H,6H2,1-5H3. The van der Waals surface area contributed by atoms with E-state index in [1.807, 2.05) is 98.6 Å². The van der Waals surface area contributed by atoms with Crippen LogP contribution in [0, 0.1) is 0 Å². The number of rotatable bonds is 5. The highest BCUT2D eigenvalue weighted by molar-refractivity contribution is 8.13. The molecule has 0 aromatic heterocycles. The molecule has 1 aliphatic heterocycles. The van der Waals surface area contributed by atoms with Gasteiger partial charge in [0.05, 0.1) is 12.2 Å². The van der Waals surface area contributed by atoms with Gasteiger partial charge >= 0.3 is 5.97 Å². The molecule has 0 fully saturated rings. The molecule has 6 heteroatoms. The lowest BCUT2D eigenvalue weighted by Crippen LogP contribution is -2.35. The van der Waals surface area contributed by atoms with E-state index in [9.17, 15) is 4.79 Å². The molecule has 2 aromatic carbocycles. The van der Waals surface area contributed by atoms with Gasteiger partial charge < -0.3 is 9.64 Å². The number of hydrogen-bond donors (Lipinski definition) is 0. The molecule has 1 heterocycles. The summed E-state index contributed by atoms with van der Waals surface area (Å²) < 4.78 is 5.41. The normalized spacial score (nSPS) is 16.5. The number of carbonyl (C=O) groups is 1. The molecular formula is C23H27N3O2S. The summed E-state index contributed by atoms with van der Waals surface area (Å²) in [6, 6.07) is 17.7. The van der Waals surface area contributed by atoms with Crippen molar-refractivity contribution in [2.24, 2.45) is 4.99 Å². The van der Waals surface area contributed by atoms with Crippen LogP contribution in [0.2, 0.25) is 0 Å². The first kappa shape index (κ1) is 21.0. The van der Waals surface area contributed by atoms with Crippen LogP contribution in [0.1, 0.15) is 25.5 Å². The summed E-state index contributed by atoms with van der Waals surface area (Å²) in [5.74, 6) is -0.323. The highest BCUT2D eigenvalue weighted by atomic mass is 32.2. The molecule has 1 aliphatic rings. The van der Waals surface area contributed by atoms with E-state index in [1.54, 1.807) is 11.8 Å². The average Bonchev–Trinajstić information content (AvgIpc) is 2.73. The van der Waals surface area contributed by atoms with Gasteiger partial charge in [0, 0.05) is 31.2 Å². The third-order valence-corrected chi connectivity index (χ3v) is 5.50. The van der Waals surface area contributed by atoms with Crippen LogP contribution < -0.4 is 9.80 Å². The molecule has 29 heavy (non-hydrogen) atoms. The van der Waals surface area contributed by atoms with Gasteiger partial charge in [-0.3, -0.25) is 4.90 Å². The Morgan fingerprint density at radius 1 is 1.14 bits per heavy atom. The molecular weight excluding hydrogens is 382 g/mol. The zero-order valence-corrected chi connectivity index (χ0v) is 18.4. The maximum atomic E-state index is 12.9. The number of benzene rings is 2. The summed E-state index contributed by atoms with van der Waals surface area (Å²) in [7, 11) is 4.01. The molecule has 5 nitrogen and oxygen atoms in total. The van der Waals surface area contributed by atoms with Crippen LogP contribution in [0.5, 0.6) is 0 Å². The highest BCUT2D eigenvalue weighted by Gasteiger charge is 2.34. The Hall–Kier alpha value is -2.73. The molecule has 0 bridgehead atoms. The number of esters is 1. The molecule has 0 aliphatic carbocycles. The summed E-state index contributed by atoms with van der Waals surface area (Å²) in [4.78, 5) is 22.0. The molecule has 2 aromatic rings. The number of aliphatic imine (C=N–C) groups is 1. The molecule has 0 radical (unpaired) electrons. The first-order valence-electron chi connectivity index (χ1n) is 9.60. The van der Waals surface area contributed by atoms with Crippen LogP contribution in [-0.2, 0) is 9.53 Å². The summed E-state index contributed by atoms with van der Waals surface area (Å²) in [5.41, 5.74) is 4.46. The first-order chi connectivity index (χ1) is 14.0. The second-order valence-electron chi connectivity index (χ2n) is 6.89. The van der Waals surface area contributed by atoms with E-state index >= 15 is 0 Å². The van der Waals surface area contributed by atoms with Crippen LogP contribution in [0.15, 0.2) is 70.9 Å². The minimum Gasteiger partial charge on any atom is -0.463 e. The van der Waals surface area contributed by atoms with Gasteiger partial charge in [0.15, 0.2) is 5.17 Å². The maximum Gasteiger partial charge on any atom is 0.338 e. The summed E-state index contributed by atoms with van der Waals surface area (Å²) in [5, 5.41) is 0.850. The van der Waals surface area contributed by atoms with Gasteiger partial charge in [-0.1, -0.05) is 42.1 Å². The molecule has 0 spiro atoms. The Morgan fingerprint density at radius 2 is 1.79 bits per heavy atom. The Balaban J connectivity index is 2.12. The fraction of sp³-hybridized carbons (Fsp3) is 0.304. The van der Waals surface area contributed by atoms with Gasteiger partial charge in [-0.2, -0.15) is 0 Å². The molecule has 0 saturated carbocycles. The third kappa shape index (κ3) is 4.32. The predicted octanol–water partition coefficient (Wildman–Crippen LogP) is 4.87. The van der Waals surface area contributed by atoms with Crippen molar-refractivity contribution < 1.29 is 9.53 Å². The quantitative estimate of drug-likeness (QED) is 0.659. The molecule has 0 amide bonds. The second-order valence-corrected chi connectivity index (χ2v) is 7.67. The van der Waals surface area contributed by atoms with Crippen molar-refractivity contribution in [1.82, 2.24) is 0 Å². The molecule has 1 unspecified atom stereocenters. The number of hydrogen-bond acceptors (Lipinski definition) is 6. The van der Waals surface area contributed by atoms with Crippen LogP contribution in [0.25, 0.3) is 0 Å². The molecule has 152 valence electrons. The monoisotopic (exact) mass is 409 g/mol. The van der Waals surface area contributed by atoms with Crippen molar-refractivity contribution in [3.05, 3.63) is 71.4 Å². The smallest absolute Gasteiger partial charge is 0.338 e. The number of carbonyl (C=O) groups excluding carboxylic acids is 1. The van der Waals surface area contributed by atoms with E-state index < -0.39 is 6.04 Å². The lowest BCUT2D eigenvalue weighted by Gasteiger charge is -2.34. The first-order valence-corrected chi connectivity index (χ1v) is 10.8. The fourth-order valence-corrected chi connectivity index (χ4v) is 4.02. The van der Waals surface area contributed by atoms with Crippen molar-refractivity contribution in [3.8, 4) is 0 Å². The van der Waals surface area contributed by atoms with Gasteiger partial charge in [0.25, 0.3) is 0 Å². The Kier molecular flexibility index (Phi) is 6.64. The summed E-state index contributed by atoms with van der Waals surface area (Å²) in [6.45, 7) is 4.11. The Labute approximate surface area is 177 Å². The van der Waals surface area contributed by atoms with E-state index in [1.165, 1.54) is 0 Å². The predicted molar refractivity (Wildman–Crippen MR) is 123 cm³/mol. The van der Waals surface area contributed by atoms with Crippen molar-refractivity contribution in [1.29, 1.82) is 0 Å². The van der Waals surface area contributed by atoms with Gasteiger partial charge in [-0.05, 0) is 49.9 Å². The number of amidine groups is 1. The highest BCUT2D eigenvalue weighted by Crippen LogP contribution is 2.39. The minimum absolute atomic E-state index is 0.323. The van der Waals surface area contributed by atoms with Gasteiger partial charge in [0.1, 0.15) is 6.04 Å². The van der Waals surface area contributed by atoms with Crippen LogP contribution >= 0.6 is 11.8 Å². The second kappa shape index (κ2) is 9.18. The van der Waals surface area contributed by atoms with Crippen LogP contribution in [0.4, 0.5) is 11.4 Å². The lowest BCUT2D eigenvalue weighted by molar-refractivity contribution is -0.138. The summed E-state index contributed by atoms with van der Waals surface area (Å²) >= 11 is 1.57. The molecule has 0 saturated heterocycles. The maximum absolute atomic E-state index is 12.9. The van der Waals surface area contributed by atoms with Crippen molar-refractivity contribution in [2.45, 2.75) is 19.9 Å². The number of nitrogens with zero attached hydrogens (tertiary/aromatic N) is 3. The van der Waals surface area contributed by atoms with E-state index in [0.29, 0.717) is 12.2 Å². The van der Waals surface area contributed by atoms with E-state index in [2.05, 4.69) is 0 Å². The third-order valence-electron chi connectivity index (χ3n) is 4.85. The SMILES string of the molecule is CCOC(=O)C1=C(C)N(c2ccccc2)C(SC)=NC1c1ccc(N(C)C)cc1. The largest absolute Gasteiger partial charge is 0.463 e. The molecule has 0 N–H and O–H groups in total. The average molecular weight is 410 g/mol. The Morgan fingerprint density at radius 3 is 2.34 bits per heavy atom. The van der Waals surface area contributed by atoms with E-state index in [0.717, 1.165) is 27.8 Å². The van der Waals surface area contributed by atoms with Gasteiger partial charge in [-0.25, -0.2) is 9.79 Å². The number of thioether (sulfide) groups is 1. The minimum atomic E-state index is -0.396. The Bertz CT molecular complexity index is 921. The van der Waals surface area contributed by atoms with Crippen molar-refractivity contribution in [3.63, 3.8) is 0 Å². The van der Waals surface area contributed by atoms with Gasteiger partial charge in [0.2, 0.25) is 0 Å². The number of allylic oxidation sites excluding steroid dienone is 1. The fourth-order valence-electron chi connectivity index (χ4n) is 3.38. The molecule has 3 rings (SSSR count). The zero-order valence-electron chi connectivity index (χ0n) is 17.5. The number of para-hydroxylation sites is 1. The van der Waals surface area contributed by atoms with E-state index in [-0.39, 0.29) is 5.97 Å². The van der Waals surface area contributed by atoms with Crippen molar-refractivity contribution in [2.75, 3.05) is 36.8 Å². The topological polar surface area (TPSA) is 45.1 Å². The lowest BCUT2D eigenvalue weighted by atomic mass is 9.95. The zero-order chi connectivity index (χ0) is 21.0. The number of anilines is 2. The van der Waals surface area contributed by atoms with Gasteiger partial charge in [-0.15, -0.1) is 0 Å².